The van der Waals surface area contributed by atoms with Crippen molar-refractivity contribution in [2.75, 3.05) is 14.2 Å². The van der Waals surface area contributed by atoms with Crippen LogP contribution in [0, 0.1) is 0 Å². The first-order valence-electron chi connectivity index (χ1n) is 9.19. The lowest BCUT2D eigenvalue weighted by atomic mass is 10.0. The lowest BCUT2D eigenvalue weighted by Gasteiger charge is -2.20. The number of aromatic amines is 1. The van der Waals surface area contributed by atoms with Crippen molar-refractivity contribution in [3.05, 3.63) is 71.3 Å². The number of carbonyl (C=O) groups is 1. The van der Waals surface area contributed by atoms with Gasteiger partial charge in [-0.25, -0.2) is 4.98 Å². The number of carbonyl (C=O) groups excluding carboxylic acids is 1. The van der Waals surface area contributed by atoms with Gasteiger partial charge >= 0.3 is 0 Å². The molecule has 4 aromatic rings. The second kappa shape index (κ2) is 8.42. The molecule has 1 unspecified atom stereocenters. The summed E-state index contributed by atoms with van der Waals surface area (Å²) in [4.78, 5) is 18.5. The van der Waals surface area contributed by atoms with E-state index in [0.29, 0.717) is 23.0 Å². The number of H-pyrrole nitrogens is 1. The smallest absolute Gasteiger partial charge is 0.272 e. The largest absolute Gasteiger partial charge is 0.497 e. The summed E-state index contributed by atoms with van der Waals surface area (Å²) in [5.41, 5.74) is 1.88. The number of amides is 1. The molecule has 154 valence electrons. The third kappa shape index (κ3) is 3.92. The molecule has 0 aliphatic rings. The van der Waals surface area contributed by atoms with Crippen LogP contribution in [0.4, 0.5) is 0 Å². The van der Waals surface area contributed by atoms with Gasteiger partial charge in [-0.15, -0.1) is 11.3 Å². The molecule has 0 radical (unpaired) electrons. The van der Waals surface area contributed by atoms with Gasteiger partial charge in [-0.05, 0) is 35.2 Å². The molecule has 0 saturated carbocycles. The van der Waals surface area contributed by atoms with Crippen LogP contribution < -0.4 is 14.8 Å². The summed E-state index contributed by atoms with van der Waals surface area (Å²) in [6.07, 6.45) is 3.52. The average Bonchev–Trinajstić information content (AvgIpc) is 3.52. The van der Waals surface area contributed by atoms with Crippen molar-refractivity contribution in [1.82, 2.24) is 25.1 Å². The Morgan fingerprint density at radius 2 is 1.97 bits per heavy atom. The van der Waals surface area contributed by atoms with Crippen LogP contribution in [0.3, 0.4) is 0 Å². The molecule has 0 saturated heterocycles. The van der Waals surface area contributed by atoms with Gasteiger partial charge < -0.3 is 19.4 Å². The van der Waals surface area contributed by atoms with E-state index in [0.717, 1.165) is 16.1 Å². The Kier molecular flexibility index (Phi) is 5.53. The molecule has 3 aromatic heterocycles. The fourth-order valence-electron chi connectivity index (χ4n) is 3.15. The molecule has 1 atom stereocenters. The second-order valence-corrected chi connectivity index (χ2v) is 7.54. The number of nitrogens with one attached hydrogen (secondary N) is 2. The highest BCUT2D eigenvalue weighted by Gasteiger charge is 2.24. The number of rotatable bonds is 7. The third-order valence-electron chi connectivity index (χ3n) is 4.70. The molecule has 8 nitrogen and oxygen atoms in total. The van der Waals surface area contributed by atoms with Gasteiger partial charge in [0, 0.05) is 25.5 Å². The fraction of sp³-hybridized carbons (Fsp3) is 0.190. The minimum Gasteiger partial charge on any atom is -0.497 e. The Labute approximate surface area is 177 Å². The third-order valence-corrected chi connectivity index (χ3v) is 5.60. The van der Waals surface area contributed by atoms with Crippen molar-refractivity contribution < 1.29 is 14.3 Å². The van der Waals surface area contributed by atoms with E-state index in [9.17, 15) is 4.79 Å². The lowest BCUT2D eigenvalue weighted by molar-refractivity contribution is 0.0936. The van der Waals surface area contributed by atoms with Crippen molar-refractivity contribution in [2.45, 2.75) is 6.04 Å². The topological polar surface area (TPSA) is 94.1 Å². The van der Waals surface area contributed by atoms with E-state index in [-0.39, 0.29) is 5.91 Å². The van der Waals surface area contributed by atoms with Crippen LogP contribution in [0.2, 0.25) is 0 Å². The van der Waals surface area contributed by atoms with Gasteiger partial charge in [0.15, 0.2) is 5.69 Å². The van der Waals surface area contributed by atoms with E-state index in [4.69, 9.17) is 9.47 Å². The Balaban J connectivity index is 1.68. The fourth-order valence-corrected chi connectivity index (χ4v) is 3.84. The highest BCUT2D eigenvalue weighted by molar-refractivity contribution is 7.13. The van der Waals surface area contributed by atoms with Crippen molar-refractivity contribution in [1.29, 1.82) is 0 Å². The zero-order chi connectivity index (χ0) is 21.1. The molecule has 0 bridgehead atoms. The van der Waals surface area contributed by atoms with E-state index >= 15 is 0 Å². The zero-order valence-electron chi connectivity index (χ0n) is 16.7. The van der Waals surface area contributed by atoms with Gasteiger partial charge in [-0.1, -0.05) is 6.07 Å². The molecule has 1 aromatic carbocycles. The van der Waals surface area contributed by atoms with Gasteiger partial charge in [0.05, 0.1) is 24.8 Å². The van der Waals surface area contributed by atoms with E-state index < -0.39 is 6.04 Å². The minimum absolute atomic E-state index is 0.299. The molecule has 0 fully saturated rings. The molecular weight excluding hydrogens is 402 g/mol. The first-order chi connectivity index (χ1) is 14.6. The highest BCUT2D eigenvalue weighted by Crippen LogP contribution is 2.30. The SMILES string of the molecule is COc1cc(OC)cc(C(NC(=O)c2cc(-c3cccs3)[nH]n2)c2nccn2C)c1. The van der Waals surface area contributed by atoms with Gasteiger partial charge in [0.1, 0.15) is 23.4 Å². The molecular formula is C21H21N5O3S. The molecule has 0 aliphatic heterocycles. The van der Waals surface area contributed by atoms with Crippen LogP contribution >= 0.6 is 11.3 Å². The van der Waals surface area contributed by atoms with Crippen LogP contribution in [-0.4, -0.2) is 39.9 Å². The summed E-state index contributed by atoms with van der Waals surface area (Å²) in [5, 5.41) is 12.1. The van der Waals surface area contributed by atoms with Crippen LogP contribution in [-0.2, 0) is 7.05 Å². The molecule has 3 heterocycles. The maximum absolute atomic E-state index is 13.0. The highest BCUT2D eigenvalue weighted by atomic mass is 32.1. The summed E-state index contributed by atoms with van der Waals surface area (Å²) < 4.78 is 12.6. The number of methoxy groups -OCH3 is 2. The number of benzene rings is 1. The van der Waals surface area contributed by atoms with Crippen molar-refractivity contribution in [2.24, 2.45) is 7.05 Å². The number of ether oxygens (including phenoxy) is 2. The molecule has 9 heteroatoms. The van der Waals surface area contributed by atoms with Gasteiger partial charge in [0.2, 0.25) is 0 Å². The summed E-state index contributed by atoms with van der Waals surface area (Å²) in [7, 11) is 5.05. The minimum atomic E-state index is -0.525. The van der Waals surface area contributed by atoms with Crippen LogP contribution in [0.25, 0.3) is 10.6 Å². The maximum atomic E-state index is 13.0. The Morgan fingerprint density at radius 1 is 1.20 bits per heavy atom. The molecule has 1 amide bonds. The number of hydrogen-bond donors (Lipinski definition) is 2. The van der Waals surface area contributed by atoms with E-state index in [1.165, 1.54) is 0 Å². The number of aryl methyl sites for hydroxylation is 1. The molecule has 2 N–H and O–H groups in total. The normalized spacial score (nSPS) is 11.8. The summed E-state index contributed by atoms with van der Waals surface area (Å²) in [6, 6.07) is 10.6. The van der Waals surface area contributed by atoms with Crippen molar-refractivity contribution in [3.8, 4) is 22.1 Å². The van der Waals surface area contributed by atoms with E-state index in [2.05, 4.69) is 20.5 Å². The van der Waals surface area contributed by atoms with Gasteiger partial charge in [-0.3, -0.25) is 9.89 Å². The summed E-state index contributed by atoms with van der Waals surface area (Å²) in [5.74, 6) is 1.60. The van der Waals surface area contributed by atoms with Crippen molar-refractivity contribution in [3.63, 3.8) is 0 Å². The first-order valence-corrected chi connectivity index (χ1v) is 10.1. The van der Waals surface area contributed by atoms with Gasteiger partial charge in [-0.2, -0.15) is 5.10 Å². The number of aromatic nitrogens is 4. The molecule has 4 rings (SSSR count). The number of thiophene rings is 1. The quantitative estimate of drug-likeness (QED) is 0.475. The molecule has 30 heavy (non-hydrogen) atoms. The van der Waals surface area contributed by atoms with Crippen LogP contribution in [0.1, 0.15) is 27.9 Å². The zero-order valence-corrected chi connectivity index (χ0v) is 17.6. The first kappa shape index (κ1) is 19.7. The van der Waals surface area contributed by atoms with E-state index in [1.807, 2.05) is 47.5 Å². The van der Waals surface area contributed by atoms with Crippen molar-refractivity contribution >= 4 is 17.2 Å². The Bertz CT molecular complexity index is 1130. The number of imidazole rings is 1. The molecule has 0 aliphatic carbocycles. The number of nitrogens with zero attached hydrogens (tertiary/aromatic N) is 3. The monoisotopic (exact) mass is 423 g/mol. The predicted molar refractivity (Wildman–Crippen MR) is 114 cm³/mol. The number of hydrogen-bond acceptors (Lipinski definition) is 6. The Morgan fingerprint density at radius 3 is 2.57 bits per heavy atom. The second-order valence-electron chi connectivity index (χ2n) is 6.59. The summed E-state index contributed by atoms with van der Waals surface area (Å²) >= 11 is 1.58. The van der Waals surface area contributed by atoms with E-state index in [1.54, 1.807) is 43.9 Å². The van der Waals surface area contributed by atoms with Crippen LogP contribution in [0.15, 0.2) is 54.2 Å². The van der Waals surface area contributed by atoms with Crippen LogP contribution in [0.5, 0.6) is 11.5 Å². The lowest BCUT2D eigenvalue weighted by Crippen LogP contribution is -2.31. The Hall–Kier alpha value is -3.59. The summed E-state index contributed by atoms with van der Waals surface area (Å²) in [6.45, 7) is 0. The standard InChI is InChI=1S/C21H21N5O3S/c1-26-7-6-22-20(26)19(13-9-14(28-2)11-15(10-13)29-3)23-21(27)17-12-16(24-25-17)18-5-4-8-30-18/h4-12,19H,1-3H3,(H,23,27)(H,24,25). The molecule has 0 spiro atoms. The average molecular weight is 423 g/mol. The maximum Gasteiger partial charge on any atom is 0.272 e. The predicted octanol–water partition coefficient (Wildman–Crippen LogP) is 3.41. The van der Waals surface area contributed by atoms with Gasteiger partial charge in [0.25, 0.3) is 5.91 Å².